The van der Waals surface area contributed by atoms with Crippen LogP contribution in [-0.2, 0) is 40.7 Å². The fourth-order valence-corrected chi connectivity index (χ4v) is 8.97. The molecule has 14 nitrogen and oxygen atoms in total. The van der Waals surface area contributed by atoms with Crippen molar-refractivity contribution < 1.29 is 46.2 Å². The first-order chi connectivity index (χ1) is 33.9. The molecular weight excluding hydrogens is 909 g/mol. The normalized spacial score (nSPS) is 15.8. The fraction of sp³-hybridized carbons (Fsp3) is 0.345. The van der Waals surface area contributed by atoms with E-state index in [1.807, 2.05) is 36.4 Å². The van der Waals surface area contributed by atoms with Gasteiger partial charge in [-0.3, -0.25) is 23.7 Å². The molecule has 0 spiro atoms. The van der Waals surface area contributed by atoms with Gasteiger partial charge >= 0.3 is 0 Å². The average molecular weight is 967 g/mol. The van der Waals surface area contributed by atoms with E-state index in [4.69, 9.17) is 23.1 Å². The molecule has 0 unspecified atom stereocenters. The lowest BCUT2D eigenvalue weighted by molar-refractivity contribution is 0.0589. The Labute approximate surface area is 409 Å². The molecule has 4 aromatic carbocycles. The molecule has 70 heavy (non-hydrogen) atoms. The number of methoxy groups -OCH3 is 2. The second kappa shape index (κ2) is 21.5. The zero-order chi connectivity index (χ0) is 48.8. The first-order valence-corrected chi connectivity index (χ1v) is 25.5. The quantitative estimate of drug-likeness (QED) is 0.0817. The standard InChI is InChI=1S/C28H30N2O6S.C27H28N2O4/c1-34-27-14-23(9-10-26(27)35-17-19-3-5-21(6-4-19)22-7-8-22)24-15-30(16-24)28(31)25-13-20(11-12-29-25)18-36-37(2,32)33;1-32-26-13-22(23-14-29(15-23)27(31)24-12-19(16-30)10-11-28-24)8-9-25(26)33-17-18-2-4-20(5-3-18)21-6-7-21/h3-6,9-14,22,24H,7-8,15-18H2,1-2H3;2-5,8-13,21,23,30H,6-7,14-17H2,1H3. The van der Waals surface area contributed by atoms with Crippen LogP contribution in [0.3, 0.4) is 0 Å². The molecule has 2 aliphatic carbocycles. The average Bonchev–Trinajstić information content (AvgIpc) is 4.30. The predicted octanol–water partition coefficient (Wildman–Crippen LogP) is 8.54. The monoisotopic (exact) mass is 966 g/mol. The molecule has 4 heterocycles. The van der Waals surface area contributed by atoms with Gasteiger partial charge in [0.15, 0.2) is 23.0 Å². The summed E-state index contributed by atoms with van der Waals surface area (Å²) in [4.78, 5) is 37.3. The highest BCUT2D eigenvalue weighted by molar-refractivity contribution is 7.85. The molecule has 364 valence electrons. The van der Waals surface area contributed by atoms with Gasteiger partial charge in [0.2, 0.25) is 0 Å². The van der Waals surface area contributed by atoms with Crippen LogP contribution in [0.1, 0.15) is 115 Å². The number of aromatic nitrogens is 2. The Morgan fingerprint density at radius 1 is 0.529 bits per heavy atom. The van der Waals surface area contributed by atoms with Gasteiger partial charge in [0.25, 0.3) is 21.9 Å². The van der Waals surface area contributed by atoms with Crippen LogP contribution < -0.4 is 18.9 Å². The number of likely N-dealkylation sites (tertiary alicyclic amines) is 2. The van der Waals surface area contributed by atoms with E-state index >= 15 is 0 Å². The van der Waals surface area contributed by atoms with Crippen LogP contribution in [0.4, 0.5) is 0 Å². The van der Waals surface area contributed by atoms with E-state index in [-0.39, 0.29) is 42.6 Å². The lowest BCUT2D eigenvalue weighted by Gasteiger charge is -2.39. The topological polar surface area (TPSA) is 167 Å². The Bertz CT molecular complexity index is 2910. The summed E-state index contributed by atoms with van der Waals surface area (Å²) in [6, 6.07) is 35.8. The molecule has 2 aromatic heterocycles. The number of rotatable bonds is 18. The molecule has 6 aromatic rings. The van der Waals surface area contributed by atoms with Crippen LogP contribution in [0, 0.1) is 0 Å². The Kier molecular flexibility index (Phi) is 14.8. The van der Waals surface area contributed by atoms with Crippen LogP contribution in [0.5, 0.6) is 23.0 Å². The zero-order valence-corrected chi connectivity index (χ0v) is 40.5. The summed E-state index contributed by atoms with van der Waals surface area (Å²) < 4.78 is 50.5. The van der Waals surface area contributed by atoms with Crippen molar-refractivity contribution in [1.29, 1.82) is 0 Å². The van der Waals surface area contributed by atoms with Gasteiger partial charge in [0.1, 0.15) is 24.6 Å². The number of hydrogen-bond donors (Lipinski definition) is 1. The SMILES string of the molecule is COc1cc(C2CN(C(=O)c3cc(CO)ccn3)C2)ccc1OCc1ccc(C2CC2)cc1.COc1cc(C2CN(C(=O)c3cc(COS(C)(=O)=O)ccn3)C2)ccc1OCc1ccc(C2CC2)cc1. The molecule has 2 saturated heterocycles. The molecular formula is C55H58N4O10S. The van der Waals surface area contributed by atoms with Crippen molar-refractivity contribution in [1.82, 2.24) is 19.8 Å². The van der Waals surface area contributed by atoms with Crippen molar-refractivity contribution in [3.63, 3.8) is 0 Å². The third-order valence-corrected chi connectivity index (χ3v) is 13.8. The van der Waals surface area contributed by atoms with Crippen LogP contribution >= 0.6 is 0 Å². The van der Waals surface area contributed by atoms with E-state index in [9.17, 15) is 23.1 Å². The number of amides is 2. The Morgan fingerprint density at radius 2 is 0.943 bits per heavy atom. The maximum atomic E-state index is 12.9. The van der Waals surface area contributed by atoms with Crippen molar-refractivity contribution in [2.75, 3.05) is 46.7 Å². The highest BCUT2D eigenvalue weighted by Gasteiger charge is 2.35. The number of aliphatic hydroxyl groups excluding tert-OH is 1. The molecule has 0 atom stereocenters. The number of carbonyl (C=O) groups is 2. The van der Waals surface area contributed by atoms with Gasteiger partial charge in [-0.05, 0) is 131 Å². The summed E-state index contributed by atoms with van der Waals surface area (Å²) in [7, 11) is -0.298. The summed E-state index contributed by atoms with van der Waals surface area (Å²) in [5, 5.41) is 9.28. The second-order valence-corrected chi connectivity index (χ2v) is 20.1. The van der Waals surface area contributed by atoms with Crippen LogP contribution in [0.2, 0.25) is 0 Å². The highest BCUT2D eigenvalue weighted by Crippen LogP contribution is 2.41. The van der Waals surface area contributed by atoms with Crippen molar-refractivity contribution in [3.8, 4) is 23.0 Å². The Morgan fingerprint density at radius 3 is 1.34 bits per heavy atom. The molecule has 2 saturated carbocycles. The molecule has 15 heteroatoms. The van der Waals surface area contributed by atoms with Gasteiger partial charge < -0.3 is 33.9 Å². The maximum absolute atomic E-state index is 12.9. The highest BCUT2D eigenvalue weighted by atomic mass is 32.2. The number of ether oxygens (including phenoxy) is 4. The van der Waals surface area contributed by atoms with E-state index in [0.717, 1.165) is 40.3 Å². The van der Waals surface area contributed by atoms with Gasteiger partial charge in [0, 0.05) is 50.4 Å². The molecule has 0 bridgehead atoms. The first-order valence-electron chi connectivity index (χ1n) is 23.7. The largest absolute Gasteiger partial charge is 0.493 e. The van der Waals surface area contributed by atoms with E-state index < -0.39 is 10.1 Å². The minimum atomic E-state index is -3.57. The van der Waals surface area contributed by atoms with Crippen molar-refractivity contribution >= 4 is 21.9 Å². The first kappa shape index (κ1) is 48.2. The lowest BCUT2D eigenvalue weighted by Crippen LogP contribution is -2.48. The molecule has 0 radical (unpaired) electrons. The van der Waals surface area contributed by atoms with Crippen molar-refractivity contribution in [2.45, 2.75) is 75.8 Å². The van der Waals surface area contributed by atoms with Crippen LogP contribution in [0.15, 0.2) is 122 Å². The lowest BCUT2D eigenvalue weighted by atomic mass is 9.91. The Balaban J connectivity index is 0.000000175. The minimum Gasteiger partial charge on any atom is -0.493 e. The predicted molar refractivity (Wildman–Crippen MR) is 263 cm³/mol. The van der Waals surface area contributed by atoms with E-state index in [1.54, 1.807) is 54.5 Å². The molecule has 4 fully saturated rings. The number of hydrogen-bond acceptors (Lipinski definition) is 12. The smallest absolute Gasteiger partial charge is 0.272 e. The molecule has 1 N–H and O–H groups in total. The number of nitrogens with zero attached hydrogens (tertiary/aromatic N) is 4. The number of benzene rings is 4. The number of aliphatic hydroxyl groups is 1. The minimum absolute atomic E-state index is 0.106. The van der Waals surface area contributed by atoms with Gasteiger partial charge in [-0.2, -0.15) is 8.42 Å². The van der Waals surface area contributed by atoms with E-state index in [2.05, 4.69) is 58.5 Å². The third kappa shape index (κ3) is 12.1. The summed E-state index contributed by atoms with van der Waals surface area (Å²) in [5.74, 6) is 4.37. The zero-order valence-electron chi connectivity index (χ0n) is 39.7. The number of pyridine rings is 2. The molecule has 10 rings (SSSR count). The molecule has 2 aliphatic heterocycles. The molecule has 4 aliphatic rings. The van der Waals surface area contributed by atoms with Crippen molar-refractivity contribution in [2.24, 2.45) is 0 Å². The summed E-state index contributed by atoms with van der Waals surface area (Å²) >= 11 is 0. The third-order valence-electron chi connectivity index (χ3n) is 13.2. The van der Waals surface area contributed by atoms with Gasteiger partial charge in [-0.1, -0.05) is 60.7 Å². The van der Waals surface area contributed by atoms with E-state index in [0.29, 0.717) is 79.2 Å². The van der Waals surface area contributed by atoms with Gasteiger partial charge in [-0.25, -0.2) is 0 Å². The summed E-state index contributed by atoms with van der Waals surface area (Å²) in [6.07, 6.45) is 9.22. The van der Waals surface area contributed by atoms with E-state index in [1.165, 1.54) is 43.0 Å². The van der Waals surface area contributed by atoms with Gasteiger partial charge in [0.05, 0.1) is 33.7 Å². The van der Waals surface area contributed by atoms with Gasteiger partial charge in [-0.15, -0.1) is 0 Å². The number of carbonyl (C=O) groups excluding carboxylic acids is 2. The fourth-order valence-electron chi connectivity index (χ4n) is 8.62. The Hall–Kier alpha value is -6.81. The van der Waals surface area contributed by atoms with Crippen LogP contribution in [-0.4, -0.2) is 91.8 Å². The van der Waals surface area contributed by atoms with Crippen LogP contribution in [0.25, 0.3) is 0 Å². The summed E-state index contributed by atoms with van der Waals surface area (Å²) in [5.41, 5.74) is 9.16. The maximum Gasteiger partial charge on any atom is 0.272 e. The second-order valence-electron chi connectivity index (χ2n) is 18.5. The molecule has 2 amide bonds. The summed E-state index contributed by atoms with van der Waals surface area (Å²) in [6.45, 7) is 3.08. The van der Waals surface area contributed by atoms with Crippen molar-refractivity contribution in [3.05, 3.63) is 177 Å².